The van der Waals surface area contributed by atoms with Crippen LogP contribution in [0.15, 0.2) is 48.5 Å². The van der Waals surface area contributed by atoms with Crippen molar-refractivity contribution in [2.24, 2.45) is 0 Å². The summed E-state index contributed by atoms with van der Waals surface area (Å²) in [6, 6.07) is 16.6. The fourth-order valence-electron chi connectivity index (χ4n) is 2.99. The number of aromatic hydroxyl groups is 1. The van der Waals surface area contributed by atoms with Crippen molar-refractivity contribution in [1.82, 2.24) is 5.32 Å². The summed E-state index contributed by atoms with van der Waals surface area (Å²) in [6.45, 7) is 3.01. The van der Waals surface area contributed by atoms with Gasteiger partial charge >= 0.3 is 0 Å². The maximum absolute atomic E-state index is 9.32. The molecule has 0 fully saturated rings. The molecule has 3 nitrogen and oxygen atoms in total. The molecule has 2 N–H and O–H groups in total. The Morgan fingerprint density at radius 2 is 1.95 bits per heavy atom. The SMILES string of the molecule is CC(CCc1ccc(O)cc1)NC1CCOc2ccccc21. The summed E-state index contributed by atoms with van der Waals surface area (Å²) in [5, 5.41) is 13.0. The van der Waals surface area contributed by atoms with Gasteiger partial charge in [0.25, 0.3) is 0 Å². The summed E-state index contributed by atoms with van der Waals surface area (Å²) in [7, 11) is 0. The lowest BCUT2D eigenvalue weighted by Crippen LogP contribution is -2.34. The first-order valence-corrected chi connectivity index (χ1v) is 7.98. The third-order valence-corrected chi connectivity index (χ3v) is 4.25. The van der Waals surface area contributed by atoms with Crippen molar-refractivity contribution in [3.05, 3.63) is 59.7 Å². The molecule has 3 rings (SSSR count). The van der Waals surface area contributed by atoms with Gasteiger partial charge in [-0.15, -0.1) is 0 Å². The number of rotatable bonds is 5. The van der Waals surface area contributed by atoms with Gasteiger partial charge in [0, 0.05) is 24.1 Å². The Bertz CT molecular complexity index is 609. The van der Waals surface area contributed by atoms with Crippen LogP contribution in [0.4, 0.5) is 0 Å². The molecule has 0 saturated heterocycles. The van der Waals surface area contributed by atoms with E-state index in [-0.39, 0.29) is 0 Å². The van der Waals surface area contributed by atoms with E-state index in [1.807, 2.05) is 24.3 Å². The first-order chi connectivity index (χ1) is 10.7. The van der Waals surface area contributed by atoms with Crippen molar-refractivity contribution >= 4 is 0 Å². The van der Waals surface area contributed by atoms with Crippen LogP contribution in [-0.4, -0.2) is 17.8 Å². The second-order valence-electron chi connectivity index (χ2n) is 6.00. The van der Waals surface area contributed by atoms with Crippen molar-refractivity contribution in [3.8, 4) is 11.5 Å². The van der Waals surface area contributed by atoms with E-state index < -0.39 is 0 Å². The number of aryl methyl sites for hydroxylation is 1. The van der Waals surface area contributed by atoms with E-state index in [4.69, 9.17) is 4.74 Å². The summed E-state index contributed by atoms with van der Waals surface area (Å²) < 4.78 is 5.71. The van der Waals surface area contributed by atoms with Crippen molar-refractivity contribution < 1.29 is 9.84 Å². The molecule has 0 saturated carbocycles. The molecule has 22 heavy (non-hydrogen) atoms. The van der Waals surface area contributed by atoms with Gasteiger partial charge in [0.05, 0.1) is 6.61 Å². The third-order valence-electron chi connectivity index (χ3n) is 4.25. The van der Waals surface area contributed by atoms with Crippen LogP contribution in [0.25, 0.3) is 0 Å². The number of phenolic OH excluding ortho intramolecular Hbond substituents is 1. The highest BCUT2D eigenvalue weighted by molar-refractivity contribution is 5.37. The molecule has 1 heterocycles. The maximum atomic E-state index is 9.32. The maximum Gasteiger partial charge on any atom is 0.124 e. The highest BCUT2D eigenvalue weighted by Crippen LogP contribution is 2.32. The molecular weight excluding hydrogens is 274 g/mol. The number of nitrogens with one attached hydrogen (secondary N) is 1. The largest absolute Gasteiger partial charge is 0.508 e. The van der Waals surface area contributed by atoms with Crippen molar-refractivity contribution in [2.45, 2.75) is 38.3 Å². The minimum absolute atomic E-state index is 0.328. The summed E-state index contributed by atoms with van der Waals surface area (Å²) >= 11 is 0. The Morgan fingerprint density at radius 3 is 2.77 bits per heavy atom. The number of benzene rings is 2. The van der Waals surface area contributed by atoms with Gasteiger partial charge in [0.2, 0.25) is 0 Å². The lowest BCUT2D eigenvalue weighted by atomic mass is 9.98. The quantitative estimate of drug-likeness (QED) is 0.881. The molecule has 0 aliphatic carbocycles. The van der Waals surface area contributed by atoms with Gasteiger partial charge in [-0.05, 0) is 43.5 Å². The van der Waals surface area contributed by atoms with Crippen LogP contribution in [0.1, 0.15) is 36.9 Å². The molecule has 0 aromatic heterocycles. The van der Waals surface area contributed by atoms with Crippen LogP contribution in [0.5, 0.6) is 11.5 Å². The lowest BCUT2D eigenvalue weighted by molar-refractivity contribution is 0.244. The van der Waals surface area contributed by atoms with Crippen LogP contribution < -0.4 is 10.1 Å². The van der Waals surface area contributed by atoms with Crippen LogP contribution in [0, 0.1) is 0 Å². The summed E-state index contributed by atoms with van der Waals surface area (Å²) in [5.74, 6) is 1.34. The van der Waals surface area contributed by atoms with Crippen molar-refractivity contribution in [1.29, 1.82) is 0 Å². The monoisotopic (exact) mass is 297 g/mol. The smallest absolute Gasteiger partial charge is 0.124 e. The minimum Gasteiger partial charge on any atom is -0.508 e. The fraction of sp³-hybridized carbons (Fsp3) is 0.368. The zero-order chi connectivity index (χ0) is 15.4. The van der Waals surface area contributed by atoms with Gasteiger partial charge in [-0.2, -0.15) is 0 Å². The molecule has 0 amide bonds. The first-order valence-electron chi connectivity index (χ1n) is 7.98. The van der Waals surface area contributed by atoms with Crippen LogP contribution in [0.2, 0.25) is 0 Å². The predicted octanol–water partition coefficient (Wildman–Crippen LogP) is 3.83. The number of hydrogen-bond donors (Lipinski definition) is 2. The molecule has 0 radical (unpaired) electrons. The average Bonchev–Trinajstić information content (AvgIpc) is 2.55. The molecule has 3 heteroatoms. The van der Waals surface area contributed by atoms with E-state index in [0.717, 1.165) is 31.6 Å². The number of phenols is 1. The molecular formula is C19H23NO2. The van der Waals surface area contributed by atoms with E-state index in [1.54, 1.807) is 12.1 Å². The van der Waals surface area contributed by atoms with Crippen molar-refractivity contribution in [2.75, 3.05) is 6.61 Å². The Balaban J connectivity index is 1.56. The predicted molar refractivity (Wildman–Crippen MR) is 88.3 cm³/mol. The summed E-state index contributed by atoms with van der Waals surface area (Å²) in [5.41, 5.74) is 2.53. The van der Waals surface area contributed by atoms with E-state index in [2.05, 4.69) is 24.4 Å². The van der Waals surface area contributed by atoms with Crippen molar-refractivity contribution in [3.63, 3.8) is 0 Å². The highest BCUT2D eigenvalue weighted by atomic mass is 16.5. The molecule has 2 aromatic carbocycles. The number of ether oxygens (including phenoxy) is 1. The van der Waals surface area contributed by atoms with Gasteiger partial charge in [-0.3, -0.25) is 0 Å². The van der Waals surface area contributed by atoms with E-state index in [1.165, 1.54) is 11.1 Å². The number of hydrogen-bond acceptors (Lipinski definition) is 3. The van der Waals surface area contributed by atoms with Gasteiger partial charge in [-0.25, -0.2) is 0 Å². The van der Waals surface area contributed by atoms with Crippen LogP contribution >= 0.6 is 0 Å². The van der Waals surface area contributed by atoms with E-state index >= 15 is 0 Å². The van der Waals surface area contributed by atoms with Gasteiger partial charge in [-0.1, -0.05) is 30.3 Å². The van der Waals surface area contributed by atoms with Gasteiger partial charge in [0.15, 0.2) is 0 Å². The molecule has 2 aromatic rings. The van der Waals surface area contributed by atoms with Gasteiger partial charge < -0.3 is 15.2 Å². The normalized spacial score (nSPS) is 18.3. The van der Waals surface area contributed by atoms with Crippen LogP contribution in [-0.2, 0) is 6.42 Å². The highest BCUT2D eigenvalue weighted by Gasteiger charge is 2.21. The van der Waals surface area contributed by atoms with E-state index in [0.29, 0.717) is 17.8 Å². The fourth-order valence-corrected chi connectivity index (χ4v) is 2.99. The average molecular weight is 297 g/mol. The number of fused-ring (bicyclic) bond motifs is 1. The second-order valence-corrected chi connectivity index (χ2v) is 6.00. The molecule has 2 unspecified atom stereocenters. The minimum atomic E-state index is 0.328. The standard InChI is InChI=1S/C19H23NO2/c1-14(6-7-15-8-10-16(21)11-9-15)20-18-12-13-22-19-5-3-2-4-17(18)19/h2-5,8-11,14,18,20-21H,6-7,12-13H2,1H3. The Morgan fingerprint density at radius 1 is 1.18 bits per heavy atom. The topological polar surface area (TPSA) is 41.5 Å². The molecule has 0 spiro atoms. The Labute approximate surface area is 131 Å². The lowest BCUT2D eigenvalue weighted by Gasteiger charge is -2.29. The van der Waals surface area contributed by atoms with Crippen LogP contribution in [0.3, 0.4) is 0 Å². The summed E-state index contributed by atoms with van der Waals surface area (Å²) in [6.07, 6.45) is 3.10. The molecule has 1 aliphatic heterocycles. The Hall–Kier alpha value is -2.00. The second kappa shape index (κ2) is 6.84. The number of para-hydroxylation sites is 1. The van der Waals surface area contributed by atoms with Gasteiger partial charge in [0.1, 0.15) is 11.5 Å². The van der Waals surface area contributed by atoms with E-state index in [9.17, 15) is 5.11 Å². The molecule has 116 valence electrons. The Kier molecular flexibility index (Phi) is 4.64. The molecule has 2 atom stereocenters. The first kappa shape index (κ1) is 14.9. The summed E-state index contributed by atoms with van der Waals surface area (Å²) in [4.78, 5) is 0. The zero-order valence-electron chi connectivity index (χ0n) is 13.0. The molecule has 0 bridgehead atoms. The zero-order valence-corrected chi connectivity index (χ0v) is 13.0. The third kappa shape index (κ3) is 3.60. The molecule has 1 aliphatic rings.